The second kappa shape index (κ2) is 6.88. The number of aryl methyl sites for hydroxylation is 1. The van der Waals surface area contributed by atoms with Gasteiger partial charge in [-0.15, -0.1) is 5.10 Å². The molecule has 0 spiro atoms. The Bertz CT molecular complexity index is 1190. The van der Waals surface area contributed by atoms with Crippen LogP contribution in [0.15, 0.2) is 48.7 Å². The first-order valence-corrected chi connectivity index (χ1v) is 8.64. The van der Waals surface area contributed by atoms with E-state index in [1.165, 1.54) is 16.9 Å². The Morgan fingerprint density at radius 2 is 1.96 bits per heavy atom. The van der Waals surface area contributed by atoms with Crippen LogP contribution in [0.25, 0.3) is 16.7 Å². The lowest BCUT2D eigenvalue weighted by molar-refractivity contribution is -0.117. The lowest BCUT2D eigenvalue weighted by atomic mass is 10.1. The number of benzene rings is 2. The molecule has 28 heavy (non-hydrogen) atoms. The first-order valence-electron chi connectivity index (χ1n) is 8.64. The minimum atomic E-state index is -0.636. The molecule has 4 aromatic rings. The maximum absolute atomic E-state index is 13.9. The van der Waals surface area contributed by atoms with E-state index < -0.39 is 11.6 Å². The zero-order valence-corrected chi connectivity index (χ0v) is 15.1. The van der Waals surface area contributed by atoms with E-state index in [1.54, 1.807) is 6.20 Å². The highest BCUT2D eigenvalue weighted by Crippen LogP contribution is 2.24. The smallest absolute Gasteiger partial charge is 0.221 e. The van der Waals surface area contributed by atoms with Gasteiger partial charge in [0.2, 0.25) is 5.91 Å². The molecule has 0 saturated heterocycles. The van der Waals surface area contributed by atoms with Crippen LogP contribution in [0.3, 0.4) is 0 Å². The number of amides is 1. The summed E-state index contributed by atoms with van der Waals surface area (Å²) < 4.78 is 28.9. The normalized spacial score (nSPS) is 11.2. The predicted molar refractivity (Wildman–Crippen MR) is 100.0 cm³/mol. The number of hydrogen-bond acceptors (Lipinski definition) is 3. The number of carbonyl (C=O) groups is 1. The van der Waals surface area contributed by atoms with Crippen molar-refractivity contribution in [1.29, 1.82) is 0 Å². The van der Waals surface area contributed by atoms with E-state index in [2.05, 4.69) is 10.2 Å². The molecule has 0 unspecified atom stereocenters. The van der Waals surface area contributed by atoms with E-state index >= 15 is 0 Å². The lowest BCUT2D eigenvalue weighted by Crippen LogP contribution is -2.13. The van der Waals surface area contributed by atoms with E-state index in [0.717, 1.165) is 28.2 Å². The van der Waals surface area contributed by atoms with Crippen molar-refractivity contribution in [3.63, 3.8) is 0 Å². The lowest BCUT2D eigenvalue weighted by Gasteiger charge is -2.05. The van der Waals surface area contributed by atoms with Crippen LogP contribution >= 0.6 is 0 Å². The van der Waals surface area contributed by atoms with Crippen molar-refractivity contribution in [3.05, 3.63) is 77.1 Å². The monoisotopic (exact) mass is 381 g/mol. The van der Waals surface area contributed by atoms with E-state index in [1.807, 2.05) is 35.8 Å². The summed E-state index contributed by atoms with van der Waals surface area (Å²) in [5.41, 5.74) is 8.25. The molecule has 2 aromatic heterocycles. The molecule has 1 amide bonds. The van der Waals surface area contributed by atoms with Gasteiger partial charge in [-0.1, -0.05) is 12.1 Å². The third-order valence-corrected chi connectivity index (χ3v) is 4.51. The summed E-state index contributed by atoms with van der Waals surface area (Å²) in [6.45, 7) is 2.03. The first-order chi connectivity index (χ1) is 13.4. The number of fused-ring (bicyclic) bond motifs is 1. The molecule has 142 valence electrons. The molecular weight excluding hydrogens is 364 g/mol. The number of hydrogen-bond donors (Lipinski definition) is 1. The number of rotatable bonds is 5. The van der Waals surface area contributed by atoms with Gasteiger partial charge in [0, 0.05) is 22.7 Å². The molecule has 0 radical (unpaired) electrons. The fraction of sp³-hybridized carbons (Fsp3) is 0.150. The molecule has 2 aromatic carbocycles. The molecule has 0 aliphatic carbocycles. The van der Waals surface area contributed by atoms with Crippen LogP contribution in [0.5, 0.6) is 0 Å². The van der Waals surface area contributed by atoms with Gasteiger partial charge in [-0.05, 0) is 36.8 Å². The molecule has 0 saturated carbocycles. The predicted octanol–water partition coefficient (Wildman–Crippen LogP) is 2.88. The summed E-state index contributed by atoms with van der Waals surface area (Å²) in [6.07, 6.45) is 1.77. The van der Waals surface area contributed by atoms with Crippen molar-refractivity contribution in [1.82, 2.24) is 19.6 Å². The van der Waals surface area contributed by atoms with Gasteiger partial charge in [0.25, 0.3) is 0 Å². The summed E-state index contributed by atoms with van der Waals surface area (Å²) in [4.78, 5) is 12.5. The van der Waals surface area contributed by atoms with Crippen LogP contribution < -0.4 is 5.73 Å². The summed E-state index contributed by atoms with van der Waals surface area (Å²) in [7, 11) is 0. The second-order valence-electron chi connectivity index (χ2n) is 6.63. The maximum Gasteiger partial charge on any atom is 0.221 e. The standard InChI is InChI=1S/C20H17F2N5O/c1-12-6-15-7-13(8-19(23)28)2-5-18(15)27(12)20-10-24-26(25-20)11-14-3-4-16(21)9-17(14)22/h2-7,9-10H,8,11H2,1H3,(H2,23,28). The molecule has 0 aliphatic heterocycles. The van der Waals surface area contributed by atoms with Gasteiger partial charge in [-0.3, -0.25) is 9.36 Å². The molecule has 8 heteroatoms. The number of carbonyl (C=O) groups excluding carboxylic acids is 1. The Morgan fingerprint density at radius 3 is 2.71 bits per heavy atom. The van der Waals surface area contributed by atoms with E-state index in [9.17, 15) is 13.6 Å². The topological polar surface area (TPSA) is 78.7 Å². The van der Waals surface area contributed by atoms with Gasteiger partial charge >= 0.3 is 0 Å². The van der Waals surface area contributed by atoms with Crippen LogP contribution in [0.2, 0.25) is 0 Å². The molecule has 6 nitrogen and oxygen atoms in total. The molecule has 2 heterocycles. The van der Waals surface area contributed by atoms with E-state index in [0.29, 0.717) is 11.4 Å². The molecule has 0 aliphatic rings. The van der Waals surface area contributed by atoms with Crippen molar-refractivity contribution in [2.45, 2.75) is 19.9 Å². The Labute approximate surface area is 159 Å². The van der Waals surface area contributed by atoms with Crippen molar-refractivity contribution >= 4 is 16.8 Å². The summed E-state index contributed by atoms with van der Waals surface area (Å²) in [6, 6.07) is 11.1. The molecular formula is C20H17F2N5O. The van der Waals surface area contributed by atoms with E-state index in [4.69, 9.17) is 5.73 Å². The fourth-order valence-electron chi connectivity index (χ4n) is 3.29. The van der Waals surface area contributed by atoms with Crippen molar-refractivity contribution in [3.8, 4) is 5.82 Å². The Kier molecular flexibility index (Phi) is 4.38. The Hall–Kier alpha value is -3.55. The third-order valence-electron chi connectivity index (χ3n) is 4.51. The van der Waals surface area contributed by atoms with Gasteiger partial charge in [0.1, 0.15) is 11.6 Å². The number of nitrogens with zero attached hydrogens (tertiary/aromatic N) is 4. The largest absolute Gasteiger partial charge is 0.369 e. The highest BCUT2D eigenvalue weighted by atomic mass is 19.1. The summed E-state index contributed by atoms with van der Waals surface area (Å²) >= 11 is 0. The highest BCUT2D eigenvalue weighted by Gasteiger charge is 2.13. The highest BCUT2D eigenvalue weighted by molar-refractivity contribution is 5.85. The SMILES string of the molecule is Cc1cc2cc(CC(N)=O)ccc2n1-c1cnn(Cc2ccc(F)cc2F)n1. The van der Waals surface area contributed by atoms with Gasteiger partial charge < -0.3 is 5.73 Å². The molecule has 4 rings (SSSR count). The number of aromatic nitrogens is 4. The second-order valence-corrected chi connectivity index (χ2v) is 6.63. The zero-order chi connectivity index (χ0) is 19.8. The average molecular weight is 381 g/mol. The summed E-state index contributed by atoms with van der Waals surface area (Å²) in [5.74, 6) is -1.06. The minimum absolute atomic E-state index is 0.0904. The first kappa shape index (κ1) is 17.8. The average Bonchev–Trinajstić information content (AvgIpc) is 3.19. The van der Waals surface area contributed by atoms with E-state index in [-0.39, 0.29) is 18.9 Å². The zero-order valence-electron chi connectivity index (χ0n) is 15.1. The molecule has 0 fully saturated rings. The molecule has 0 bridgehead atoms. The molecule has 2 N–H and O–H groups in total. The van der Waals surface area contributed by atoms with Crippen molar-refractivity contribution in [2.24, 2.45) is 5.73 Å². The minimum Gasteiger partial charge on any atom is -0.369 e. The van der Waals surface area contributed by atoms with Crippen molar-refractivity contribution in [2.75, 3.05) is 0 Å². The fourth-order valence-corrected chi connectivity index (χ4v) is 3.29. The Morgan fingerprint density at radius 1 is 1.14 bits per heavy atom. The number of halogens is 2. The quantitative estimate of drug-likeness (QED) is 0.577. The van der Waals surface area contributed by atoms with Crippen LogP contribution in [0.1, 0.15) is 16.8 Å². The van der Waals surface area contributed by atoms with Gasteiger partial charge in [-0.2, -0.15) is 9.90 Å². The number of primary amides is 1. The van der Waals surface area contributed by atoms with Crippen LogP contribution in [0.4, 0.5) is 8.78 Å². The van der Waals surface area contributed by atoms with Crippen molar-refractivity contribution < 1.29 is 13.6 Å². The Balaban J connectivity index is 1.67. The number of nitrogens with two attached hydrogens (primary N) is 1. The van der Waals surface area contributed by atoms with Gasteiger partial charge in [0.15, 0.2) is 5.82 Å². The van der Waals surface area contributed by atoms with Crippen LogP contribution in [0, 0.1) is 18.6 Å². The van der Waals surface area contributed by atoms with Gasteiger partial charge in [-0.25, -0.2) is 8.78 Å². The summed E-state index contributed by atoms with van der Waals surface area (Å²) in [5, 5.41) is 9.58. The third kappa shape index (κ3) is 3.36. The maximum atomic E-state index is 13.9. The van der Waals surface area contributed by atoms with Gasteiger partial charge in [0.05, 0.1) is 24.7 Å². The molecule has 0 atom stereocenters. The van der Waals surface area contributed by atoms with Crippen LogP contribution in [-0.4, -0.2) is 25.5 Å². The van der Waals surface area contributed by atoms with Crippen LogP contribution in [-0.2, 0) is 17.8 Å².